The molecule has 0 atom stereocenters. The van der Waals surface area contributed by atoms with Gasteiger partial charge in [0.05, 0.1) is 11.9 Å². The predicted octanol–water partition coefficient (Wildman–Crippen LogP) is 2.93. The number of rotatable bonds is 3. The van der Waals surface area contributed by atoms with Crippen LogP contribution >= 0.6 is 11.6 Å². The van der Waals surface area contributed by atoms with Crippen molar-refractivity contribution in [2.75, 3.05) is 11.1 Å². The monoisotopic (exact) mass is 233 g/mol. The molecular weight excluding hydrogens is 222 g/mol. The number of benzene rings is 1. The Labute approximate surface area is 99.3 Å². The topological polar surface area (TPSA) is 50.9 Å². The number of pyridine rings is 1. The third-order valence-corrected chi connectivity index (χ3v) is 2.45. The van der Waals surface area contributed by atoms with E-state index in [1.54, 1.807) is 12.3 Å². The molecule has 1 aromatic heterocycles. The summed E-state index contributed by atoms with van der Waals surface area (Å²) in [5.41, 5.74) is 7.61. The highest BCUT2D eigenvalue weighted by Gasteiger charge is 1.95. The minimum absolute atomic E-state index is 0.525. The number of hydrogen-bond acceptors (Lipinski definition) is 3. The van der Waals surface area contributed by atoms with E-state index in [1.165, 1.54) is 5.56 Å². The van der Waals surface area contributed by atoms with Gasteiger partial charge >= 0.3 is 0 Å². The van der Waals surface area contributed by atoms with Gasteiger partial charge in [-0.15, -0.1) is 0 Å². The average molecular weight is 234 g/mol. The van der Waals surface area contributed by atoms with Crippen LogP contribution in [0.4, 0.5) is 11.5 Å². The van der Waals surface area contributed by atoms with E-state index in [0.29, 0.717) is 5.82 Å². The van der Waals surface area contributed by atoms with Crippen molar-refractivity contribution in [3.63, 3.8) is 0 Å². The van der Waals surface area contributed by atoms with Crippen molar-refractivity contribution in [1.29, 1.82) is 0 Å². The average Bonchev–Trinajstić information content (AvgIpc) is 2.30. The number of halogens is 1. The first kappa shape index (κ1) is 10.8. The largest absolute Gasteiger partial charge is 0.384 e. The van der Waals surface area contributed by atoms with Gasteiger partial charge in [-0.05, 0) is 29.8 Å². The van der Waals surface area contributed by atoms with Crippen molar-refractivity contribution in [1.82, 2.24) is 4.98 Å². The molecule has 2 aromatic rings. The first-order chi connectivity index (χ1) is 7.74. The van der Waals surface area contributed by atoms with Gasteiger partial charge in [0.1, 0.15) is 5.82 Å². The van der Waals surface area contributed by atoms with Crippen molar-refractivity contribution in [2.45, 2.75) is 6.54 Å². The Morgan fingerprint density at radius 3 is 2.50 bits per heavy atom. The van der Waals surface area contributed by atoms with Gasteiger partial charge < -0.3 is 11.1 Å². The molecule has 4 heteroatoms. The molecule has 0 amide bonds. The van der Waals surface area contributed by atoms with Gasteiger partial charge in [-0.25, -0.2) is 4.98 Å². The number of nitrogen functional groups attached to an aromatic ring is 1. The van der Waals surface area contributed by atoms with E-state index in [-0.39, 0.29) is 0 Å². The van der Waals surface area contributed by atoms with Crippen LogP contribution in [0.1, 0.15) is 5.56 Å². The van der Waals surface area contributed by atoms with Crippen LogP contribution in [-0.4, -0.2) is 4.98 Å². The lowest BCUT2D eigenvalue weighted by atomic mass is 10.2. The summed E-state index contributed by atoms with van der Waals surface area (Å²) in [6, 6.07) is 11.4. The maximum absolute atomic E-state index is 5.80. The molecule has 1 heterocycles. The first-order valence-corrected chi connectivity index (χ1v) is 5.32. The molecule has 0 saturated heterocycles. The van der Waals surface area contributed by atoms with Crippen LogP contribution in [0.15, 0.2) is 42.6 Å². The maximum atomic E-state index is 5.80. The number of anilines is 2. The van der Waals surface area contributed by atoms with E-state index in [1.807, 2.05) is 30.3 Å². The Morgan fingerprint density at radius 1 is 1.12 bits per heavy atom. The van der Waals surface area contributed by atoms with E-state index >= 15 is 0 Å². The highest BCUT2D eigenvalue weighted by atomic mass is 35.5. The first-order valence-electron chi connectivity index (χ1n) is 4.94. The summed E-state index contributed by atoms with van der Waals surface area (Å²) in [5.74, 6) is 0.525. The molecule has 0 aliphatic heterocycles. The molecule has 0 radical (unpaired) electrons. The molecule has 0 fully saturated rings. The summed E-state index contributed by atoms with van der Waals surface area (Å²) in [6.45, 7) is 0.739. The molecule has 3 nitrogen and oxygen atoms in total. The van der Waals surface area contributed by atoms with E-state index in [2.05, 4.69) is 10.3 Å². The zero-order valence-corrected chi connectivity index (χ0v) is 9.41. The molecule has 16 heavy (non-hydrogen) atoms. The number of nitrogens with one attached hydrogen (secondary N) is 1. The van der Waals surface area contributed by atoms with Crippen LogP contribution in [0.2, 0.25) is 5.02 Å². The van der Waals surface area contributed by atoms with Crippen LogP contribution in [0.5, 0.6) is 0 Å². The van der Waals surface area contributed by atoms with E-state index in [9.17, 15) is 0 Å². The molecule has 0 aliphatic carbocycles. The summed E-state index contributed by atoms with van der Waals surface area (Å²) in [6.07, 6.45) is 1.71. The van der Waals surface area contributed by atoms with Crippen LogP contribution in [0, 0.1) is 0 Å². The van der Waals surface area contributed by atoms with Gasteiger partial charge in [0.25, 0.3) is 0 Å². The SMILES string of the molecule is Nc1ccc(NCc2ccc(Cl)cc2)cn1. The molecule has 0 saturated carbocycles. The summed E-state index contributed by atoms with van der Waals surface area (Å²) < 4.78 is 0. The summed E-state index contributed by atoms with van der Waals surface area (Å²) >= 11 is 5.80. The molecule has 82 valence electrons. The molecule has 2 rings (SSSR count). The second-order valence-electron chi connectivity index (χ2n) is 3.45. The predicted molar refractivity (Wildman–Crippen MR) is 67.4 cm³/mol. The van der Waals surface area contributed by atoms with E-state index < -0.39 is 0 Å². The number of nitrogens with two attached hydrogens (primary N) is 1. The second kappa shape index (κ2) is 4.86. The molecular formula is C12H12ClN3. The van der Waals surface area contributed by atoms with Crippen molar-refractivity contribution in [3.05, 3.63) is 53.2 Å². The van der Waals surface area contributed by atoms with Crippen molar-refractivity contribution >= 4 is 23.1 Å². The fraction of sp³-hybridized carbons (Fsp3) is 0.0833. The Bertz CT molecular complexity index is 405. The summed E-state index contributed by atoms with van der Waals surface area (Å²) in [5, 5.41) is 3.99. The highest BCUT2D eigenvalue weighted by Crippen LogP contribution is 2.12. The van der Waals surface area contributed by atoms with Crippen LogP contribution in [-0.2, 0) is 6.54 Å². The van der Waals surface area contributed by atoms with Gasteiger partial charge in [0.15, 0.2) is 0 Å². The van der Waals surface area contributed by atoms with Gasteiger partial charge in [0, 0.05) is 11.6 Å². The van der Waals surface area contributed by atoms with E-state index in [0.717, 1.165) is 17.3 Å². The molecule has 1 aromatic carbocycles. The molecule has 0 bridgehead atoms. The van der Waals surface area contributed by atoms with Crippen LogP contribution in [0.3, 0.4) is 0 Å². The lowest BCUT2D eigenvalue weighted by molar-refractivity contribution is 1.14. The zero-order chi connectivity index (χ0) is 11.4. The molecule has 0 spiro atoms. The lowest BCUT2D eigenvalue weighted by Crippen LogP contribution is -2.00. The molecule has 0 unspecified atom stereocenters. The molecule has 0 aliphatic rings. The van der Waals surface area contributed by atoms with Gasteiger partial charge in [-0.2, -0.15) is 0 Å². The highest BCUT2D eigenvalue weighted by molar-refractivity contribution is 6.30. The normalized spacial score (nSPS) is 10.1. The second-order valence-corrected chi connectivity index (χ2v) is 3.89. The number of hydrogen-bond donors (Lipinski definition) is 2. The van der Waals surface area contributed by atoms with Crippen molar-refractivity contribution in [3.8, 4) is 0 Å². The fourth-order valence-corrected chi connectivity index (χ4v) is 1.44. The smallest absolute Gasteiger partial charge is 0.123 e. The molecule has 3 N–H and O–H groups in total. The van der Waals surface area contributed by atoms with Gasteiger partial charge in [-0.3, -0.25) is 0 Å². The zero-order valence-electron chi connectivity index (χ0n) is 8.65. The Balaban J connectivity index is 1.97. The Morgan fingerprint density at radius 2 is 1.88 bits per heavy atom. The van der Waals surface area contributed by atoms with E-state index in [4.69, 9.17) is 17.3 Å². The Kier molecular flexibility index (Phi) is 3.27. The minimum atomic E-state index is 0.525. The van der Waals surface area contributed by atoms with Gasteiger partial charge in [-0.1, -0.05) is 23.7 Å². The Hall–Kier alpha value is -1.74. The summed E-state index contributed by atoms with van der Waals surface area (Å²) in [7, 11) is 0. The lowest BCUT2D eigenvalue weighted by Gasteiger charge is -2.06. The quantitative estimate of drug-likeness (QED) is 0.857. The number of nitrogens with zero attached hydrogens (tertiary/aromatic N) is 1. The van der Waals surface area contributed by atoms with Crippen LogP contribution < -0.4 is 11.1 Å². The van der Waals surface area contributed by atoms with Crippen molar-refractivity contribution < 1.29 is 0 Å². The standard InChI is InChI=1S/C12H12ClN3/c13-10-3-1-9(2-4-10)7-15-11-5-6-12(14)16-8-11/h1-6,8,15H,7H2,(H2,14,16). The van der Waals surface area contributed by atoms with Gasteiger partial charge in [0.2, 0.25) is 0 Å². The third kappa shape index (κ3) is 2.87. The maximum Gasteiger partial charge on any atom is 0.123 e. The number of aromatic nitrogens is 1. The fourth-order valence-electron chi connectivity index (χ4n) is 1.32. The minimum Gasteiger partial charge on any atom is -0.384 e. The van der Waals surface area contributed by atoms with Crippen molar-refractivity contribution in [2.24, 2.45) is 0 Å². The van der Waals surface area contributed by atoms with Crippen LogP contribution in [0.25, 0.3) is 0 Å². The summed E-state index contributed by atoms with van der Waals surface area (Å²) in [4.78, 5) is 4.00. The third-order valence-electron chi connectivity index (χ3n) is 2.20.